The predicted octanol–water partition coefficient (Wildman–Crippen LogP) is 2.73. The number of rotatable bonds is 7. The molecule has 3 N–H and O–H groups in total. The van der Waals surface area contributed by atoms with Crippen molar-refractivity contribution in [3.05, 3.63) is 0 Å². The monoisotopic (exact) mass is 240 g/mol. The molecule has 1 fully saturated rings. The maximum absolute atomic E-state index is 11.8. The Hall–Kier alpha value is -0.570. The van der Waals surface area contributed by atoms with Crippen LogP contribution in [0.1, 0.15) is 71.6 Å². The van der Waals surface area contributed by atoms with E-state index in [0.29, 0.717) is 6.04 Å². The largest absolute Gasteiger partial charge is 0.368 e. The molecule has 0 aromatic rings. The third-order valence-corrected chi connectivity index (χ3v) is 3.91. The van der Waals surface area contributed by atoms with Gasteiger partial charge in [-0.1, -0.05) is 46.0 Å². The number of hydrogen-bond donors (Lipinski definition) is 2. The van der Waals surface area contributed by atoms with Crippen LogP contribution in [0.25, 0.3) is 0 Å². The second-order valence-corrected chi connectivity index (χ2v) is 5.43. The molecule has 3 heteroatoms. The lowest BCUT2D eigenvalue weighted by molar-refractivity contribution is -0.125. The highest BCUT2D eigenvalue weighted by Gasteiger charge is 2.36. The second kappa shape index (κ2) is 7.00. The minimum absolute atomic E-state index is 0.160. The topological polar surface area (TPSA) is 55.1 Å². The molecule has 0 aromatic heterocycles. The predicted molar refractivity (Wildman–Crippen MR) is 71.8 cm³/mol. The summed E-state index contributed by atoms with van der Waals surface area (Å²) < 4.78 is 0. The van der Waals surface area contributed by atoms with Crippen molar-refractivity contribution in [1.29, 1.82) is 0 Å². The zero-order chi connectivity index (χ0) is 12.7. The van der Waals surface area contributed by atoms with Crippen LogP contribution in [0.4, 0.5) is 0 Å². The van der Waals surface area contributed by atoms with Gasteiger partial charge in [-0.2, -0.15) is 0 Å². The van der Waals surface area contributed by atoms with E-state index in [-0.39, 0.29) is 5.91 Å². The molecular weight excluding hydrogens is 212 g/mol. The van der Waals surface area contributed by atoms with E-state index in [4.69, 9.17) is 5.73 Å². The van der Waals surface area contributed by atoms with Gasteiger partial charge in [-0.3, -0.25) is 4.79 Å². The third kappa shape index (κ3) is 3.98. The SMILES string of the molecule is CCCC(CCC)(NC1CCCCC1)C(N)=O. The fraction of sp³-hybridized carbons (Fsp3) is 0.929. The van der Waals surface area contributed by atoms with Gasteiger partial charge in [0.15, 0.2) is 0 Å². The second-order valence-electron chi connectivity index (χ2n) is 5.43. The Morgan fingerprint density at radius 3 is 2.12 bits per heavy atom. The van der Waals surface area contributed by atoms with Gasteiger partial charge in [0, 0.05) is 6.04 Å². The van der Waals surface area contributed by atoms with Crippen LogP contribution in [-0.2, 0) is 4.79 Å². The number of carbonyl (C=O) groups excluding carboxylic acids is 1. The van der Waals surface area contributed by atoms with Gasteiger partial charge in [-0.15, -0.1) is 0 Å². The van der Waals surface area contributed by atoms with E-state index in [9.17, 15) is 4.79 Å². The fourth-order valence-corrected chi connectivity index (χ4v) is 3.08. The van der Waals surface area contributed by atoms with E-state index in [0.717, 1.165) is 25.7 Å². The molecule has 1 aliphatic carbocycles. The Balaban J connectivity index is 2.68. The molecule has 1 aliphatic rings. The van der Waals surface area contributed by atoms with Gasteiger partial charge in [0.2, 0.25) is 5.91 Å². The van der Waals surface area contributed by atoms with E-state index in [2.05, 4.69) is 19.2 Å². The van der Waals surface area contributed by atoms with Crippen molar-refractivity contribution >= 4 is 5.91 Å². The van der Waals surface area contributed by atoms with E-state index in [1.54, 1.807) is 0 Å². The fourth-order valence-electron chi connectivity index (χ4n) is 3.08. The number of carbonyl (C=O) groups is 1. The maximum Gasteiger partial charge on any atom is 0.237 e. The van der Waals surface area contributed by atoms with Crippen molar-refractivity contribution < 1.29 is 4.79 Å². The van der Waals surface area contributed by atoms with E-state index < -0.39 is 5.54 Å². The van der Waals surface area contributed by atoms with Gasteiger partial charge in [-0.05, 0) is 25.7 Å². The zero-order valence-corrected chi connectivity index (χ0v) is 11.4. The molecule has 0 aliphatic heterocycles. The van der Waals surface area contributed by atoms with Crippen LogP contribution in [0, 0.1) is 0 Å². The summed E-state index contributed by atoms with van der Waals surface area (Å²) in [5, 5.41) is 3.60. The molecule has 3 nitrogen and oxygen atoms in total. The number of primary amides is 1. The lowest BCUT2D eigenvalue weighted by Crippen LogP contribution is -2.58. The summed E-state index contributed by atoms with van der Waals surface area (Å²) >= 11 is 0. The lowest BCUT2D eigenvalue weighted by atomic mass is 9.84. The first-order valence-corrected chi connectivity index (χ1v) is 7.22. The van der Waals surface area contributed by atoms with Crippen LogP contribution < -0.4 is 11.1 Å². The van der Waals surface area contributed by atoms with Crippen LogP contribution in [0.15, 0.2) is 0 Å². The summed E-state index contributed by atoms with van der Waals surface area (Å²) in [5.74, 6) is -0.160. The first kappa shape index (κ1) is 14.5. The molecular formula is C14H28N2O. The Morgan fingerprint density at radius 2 is 1.71 bits per heavy atom. The summed E-state index contributed by atoms with van der Waals surface area (Å²) in [6.45, 7) is 4.24. The van der Waals surface area contributed by atoms with E-state index in [1.807, 2.05) is 0 Å². The normalized spacial score (nSPS) is 18.2. The zero-order valence-electron chi connectivity index (χ0n) is 11.4. The van der Waals surface area contributed by atoms with Crippen LogP contribution in [0.5, 0.6) is 0 Å². The van der Waals surface area contributed by atoms with Gasteiger partial charge < -0.3 is 11.1 Å². The Morgan fingerprint density at radius 1 is 1.18 bits per heavy atom. The average Bonchev–Trinajstić information content (AvgIpc) is 2.30. The summed E-state index contributed by atoms with van der Waals surface area (Å²) in [6.07, 6.45) is 10.0. The molecule has 1 rings (SSSR count). The maximum atomic E-state index is 11.8. The minimum Gasteiger partial charge on any atom is -0.368 e. The van der Waals surface area contributed by atoms with Crippen LogP contribution in [0.3, 0.4) is 0 Å². The van der Waals surface area contributed by atoms with Crippen molar-refractivity contribution in [3.8, 4) is 0 Å². The van der Waals surface area contributed by atoms with Crippen LogP contribution in [0.2, 0.25) is 0 Å². The molecule has 100 valence electrons. The first-order valence-electron chi connectivity index (χ1n) is 7.22. The summed E-state index contributed by atoms with van der Waals surface area (Å²) in [6, 6.07) is 0.495. The highest BCUT2D eigenvalue weighted by molar-refractivity contribution is 5.84. The first-order chi connectivity index (χ1) is 8.14. The van der Waals surface area contributed by atoms with Crippen molar-refractivity contribution in [2.45, 2.75) is 83.2 Å². The van der Waals surface area contributed by atoms with Crippen LogP contribution >= 0.6 is 0 Å². The molecule has 0 atom stereocenters. The average molecular weight is 240 g/mol. The van der Waals surface area contributed by atoms with Gasteiger partial charge in [0.05, 0.1) is 5.54 Å². The summed E-state index contributed by atoms with van der Waals surface area (Å²) in [5.41, 5.74) is 5.21. The molecule has 0 aromatic carbocycles. The quantitative estimate of drug-likeness (QED) is 0.719. The highest BCUT2D eigenvalue weighted by Crippen LogP contribution is 2.25. The molecule has 17 heavy (non-hydrogen) atoms. The highest BCUT2D eigenvalue weighted by atomic mass is 16.1. The molecule has 0 heterocycles. The molecule has 0 spiro atoms. The van der Waals surface area contributed by atoms with Crippen molar-refractivity contribution in [3.63, 3.8) is 0 Å². The third-order valence-electron chi connectivity index (χ3n) is 3.91. The van der Waals surface area contributed by atoms with Crippen molar-refractivity contribution in [2.24, 2.45) is 5.73 Å². The van der Waals surface area contributed by atoms with Crippen LogP contribution in [-0.4, -0.2) is 17.5 Å². The Kier molecular flexibility index (Phi) is 5.96. The van der Waals surface area contributed by atoms with Gasteiger partial charge >= 0.3 is 0 Å². The van der Waals surface area contributed by atoms with Gasteiger partial charge in [-0.25, -0.2) is 0 Å². The molecule has 0 saturated heterocycles. The standard InChI is InChI=1S/C14H28N2O/c1-3-10-14(11-4-2,13(15)17)16-12-8-6-5-7-9-12/h12,16H,3-11H2,1-2H3,(H2,15,17). The Labute approximate surface area is 106 Å². The summed E-state index contributed by atoms with van der Waals surface area (Å²) in [4.78, 5) is 11.8. The van der Waals surface area contributed by atoms with Crippen molar-refractivity contribution in [2.75, 3.05) is 0 Å². The van der Waals surface area contributed by atoms with Gasteiger partial charge in [0.1, 0.15) is 0 Å². The number of nitrogens with two attached hydrogens (primary N) is 1. The van der Waals surface area contributed by atoms with E-state index in [1.165, 1.54) is 32.1 Å². The molecule has 1 amide bonds. The molecule has 1 saturated carbocycles. The van der Waals surface area contributed by atoms with E-state index >= 15 is 0 Å². The van der Waals surface area contributed by atoms with Crippen molar-refractivity contribution in [1.82, 2.24) is 5.32 Å². The molecule has 0 bridgehead atoms. The smallest absolute Gasteiger partial charge is 0.237 e. The lowest BCUT2D eigenvalue weighted by Gasteiger charge is -2.37. The minimum atomic E-state index is -0.453. The number of nitrogens with one attached hydrogen (secondary N) is 1. The summed E-state index contributed by atoms with van der Waals surface area (Å²) in [7, 11) is 0. The number of hydrogen-bond acceptors (Lipinski definition) is 2. The van der Waals surface area contributed by atoms with Gasteiger partial charge in [0.25, 0.3) is 0 Å². The molecule has 0 unspecified atom stereocenters. The number of amides is 1. The Bertz CT molecular complexity index is 228. The molecule has 0 radical (unpaired) electrons.